The Morgan fingerprint density at radius 3 is 1.70 bits per heavy atom. The summed E-state index contributed by atoms with van der Waals surface area (Å²) in [6, 6.07) is 32.6. The lowest BCUT2D eigenvalue weighted by molar-refractivity contribution is 0.306. The summed E-state index contributed by atoms with van der Waals surface area (Å²) in [7, 11) is 0. The van der Waals surface area contributed by atoms with Gasteiger partial charge in [-0.2, -0.15) is 5.26 Å². The van der Waals surface area contributed by atoms with E-state index in [1.54, 1.807) is 6.07 Å². The first-order chi connectivity index (χ1) is 20.9. The average Bonchev–Trinajstić information content (AvgIpc) is 3.60. The Hall–Kier alpha value is -5.81. The van der Waals surface area contributed by atoms with E-state index in [1.807, 2.05) is 105 Å². The third kappa shape index (κ3) is 5.44. The van der Waals surface area contributed by atoms with Crippen LogP contribution in [0.3, 0.4) is 0 Å². The molecule has 4 aromatic carbocycles. The standard InChI is InChI=1S/C35H29N5O3/c1-21-7-11-24(12-8-21)32-30(34(41)39-37-32)29(31-33(38-40-35(31)42)25-13-9-22(2)10-14-25)23-15-17-28(18-16-23)43-20-27-6-4-3-5-26(27)19-36/h3-18,29H,20H2,1-2H3,(H2,37,39,41)(H2,38,40,42). The summed E-state index contributed by atoms with van der Waals surface area (Å²) in [5.41, 5.74) is 7.37. The molecule has 0 aliphatic heterocycles. The summed E-state index contributed by atoms with van der Waals surface area (Å²) in [5.74, 6) is -0.121. The molecule has 0 bridgehead atoms. The molecule has 8 heteroatoms. The first kappa shape index (κ1) is 27.4. The van der Waals surface area contributed by atoms with E-state index in [1.165, 1.54) is 0 Å². The van der Waals surface area contributed by atoms with Crippen LogP contribution in [0.4, 0.5) is 0 Å². The van der Waals surface area contributed by atoms with Crippen LogP contribution in [0.1, 0.15) is 44.9 Å². The third-order valence-corrected chi connectivity index (χ3v) is 7.63. The Bertz CT molecular complexity index is 1940. The molecule has 8 nitrogen and oxygen atoms in total. The second-order valence-electron chi connectivity index (χ2n) is 10.5. The first-order valence-electron chi connectivity index (χ1n) is 13.9. The number of benzene rings is 4. The Morgan fingerprint density at radius 2 is 1.19 bits per heavy atom. The minimum atomic E-state index is -0.717. The highest BCUT2D eigenvalue weighted by atomic mass is 16.5. The van der Waals surface area contributed by atoms with Gasteiger partial charge in [0.2, 0.25) is 0 Å². The molecule has 0 unspecified atom stereocenters. The molecule has 2 aromatic heterocycles. The van der Waals surface area contributed by atoms with Crippen LogP contribution in [0.5, 0.6) is 5.75 Å². The van der Waals surface area contributed by atoms with Crippen LogP contribution in [0.15, 0.2) is 107 Å². The Morgan fingerprint density at radius 1 is 0.674 bits per heavy atom. The number of nitrogens with one attached hydrogen (secondary N) is 4. The van der Waals surface area contributed by atoms with Crippen molar-refractivity contribution in [3.8, 4) is 34.3 Å². The molecule has 0 atom stereocenters. The number of hydrogen-bond donors (Lipinski definition) is 4. The zero-order valence-corrected chi connectivity index (χ0v) is 23.7. The minimum absolute atomic E-state index is 0.233. The van der Waals surface area contributed by atoms with Gasteiger partial charge < -0.3 is 4.74 Å². The predicted octanol–water partition coefficient (Wildman–Crippen LogP) is 6.30. The highest BCUT2D eigenvalue weighted by molar-refractivity contribution is 5.71. The average molecular weight is 568 g/mol. The van der Waals surface area contributed by atoms with E-state index in [4.69, 9.17) is 4.74 Å². The molecule has 0 amide bonds. The van der Waals surface area contributed by atoms with Gasteiger partial charge in [0.1, 0.15) is 12.4 Å². The highest BCUT2D eigenvalue weighted by Gasteiger charge is 2.31. The van der Waals surface area contributed by atoms with Crippen LogP contribution in [0.25, 0.3) is 22.5 Å². The van der Waals surface area contributed by atoms with Crippen LogP contribution in [-0.2, 0) is 6.61 Å². The van der Waals surface area contributed by atoms with Gasteiger partial charge in [-0.1, -0.05) is 90.0 Å². The zero-order valence-electron chi connectivity index (χ0n) is 23.7. The van der Waals surface area contributed by atoms with E-state index >= 15 is 0 Å². The summed E-state index contributed by atoms with van der Waals surface area (Å²) in [4.78, 5) is 27.0. The van der Waals surface area contributed by atoms with E-state index in [0.29, 0.717) is 33.8 Å². The fraction of sp³-hybridized carbons (Fsp3) is 0.114. The summed E-state index contributed by atoms with van der Waals surface area (Å²) < 4.78 is 6.01. The lowest BCUT2D eigenvalue weighted by Crippen LogP contribution is -2.20. The molecule has 6 aromatic rings. The summed E-state index contributed by atoms with van der Waals surface area (Å²) in [5, 5.41) is 21.0. The molecule has 0 radical (unpaired) electrons. The van der Waals surface area contributed by atoms with Crippen molar-refractivity contribution in [1.82, 2.24) is 20.4 Å². The van der Waals surface area contributed by atoms with Crippen LogP contribution >= 0.6 is 0 Å². The SMILES string of the molecule is Cc1ccc(-c2[nH][nH]c(=O)c2C(c2ccc(OCc3ccccc3C#N)cc2)c2c(-c3ccc(C)cc3)[nH][nH]c2=O)cc1. The van der Waals surface area contributed by atoms with Crippen LogP contribution in [0.2, 0.25) is 0 Å². The smallest absolute Gasteiger partial charge is 0.268 e. The van der Waals surface area contributed by atoms with E-state index in [0.717, 1.165) is 33.4 Å². The number of H-pyrrole nitrogens is 4. The molecule has 0 saturated heterocycles. The number of rotatable bonds is 8. The van der Waals surface area contributed by atoms with Crippen LogP contribution in [-0.4, -0.2) is 20.4 Å². The molecule has 2 heterocycles. The van der Waals surface area contributed by atoms with Crippen molar-refractivity contribution in [3.63, 3.8) is 0 Å². The van der Waals surface area contributed by atoms with Crippen molar-refractivity contribution in [2.45, 2.75) is 26.4 Å². The number of nitriles is 1. The molecular weight excluding hydrogens is 538 g/mol. The van der Waals surface area contributed by atoms with Crippen molar-refractivity contribution in [1.29, 1.82) is 5.26 Å². The van der Waals surface area contributed by atoms with E-state index in [9.17, 15) is 14.9 Å². The number of nitrogens with zero attached hydrogens (tertiary/aromatic N) is 1. The van der Waals surface area contributed by atoms with Crippen molar-refractivity contribution < 1.29 is 4.74 Å². The van der Waals surface area contributed by atoms with Crippen LogP contribution < -0.4 is 15.9 Å². The molecule has 0 spiro atoms. The Labute approximate surface area is 247 Å². The van der Waals surface area contributed by atoms with Gasteiger partial charge in [0.05, 0.1) is 34.1 Å². The molecule has 4 N–H and O–H groups in total. The van der Waals surface area contributed by atoms with Gasteiger partial charge in [-0.25, -0.2) is 0 Å². The molecule has 212 valence electrons. The maximum absolute atomic E-state index is 13.5. The normalized spacial score (nSPS) is 11.0. The first-order valence-corrected chi connectivity index (χ1v) is 13.9. The molecule has 0 aliphatic rings. The van der Waals surface area contributed by atoms with Gasteiger partial charge in [-0.3, -0.25) is 30.0 Å². The summed E-state index contributed by atoms with van der Waals surface area (Å²) in [6.45, 7) is 4.24. The van der Waals surface area contributed by atoms with Gasteiger partial charge >= 0.3 is 0 Å². The van der Waals surface area contributed by atoms with Gasteiger partial charge in [-0.05, 0) is 48.7 Å². The Kier molecular flexibility index (Phi) is 7.37. The monoisotopic (exact) mass is 567 g/mol. The van der Waals surface area contributed by atoms with Gasteiger partial charge in [0, 0.05) is 11.5 Å². The number of aryl methyl sites for hydroxylation is 2. The third-order valence-electron chi connectivity index (χ3n) is 7.63. The quantitative estimate of drug-likeness (QED) is 0.172. The second kappa shape index (κ2) is 11.6. The van der Waals surface area contributed by atoms with E-state index in [-0.39, 0.29) is 17.7 Å². The lowest BCUT2D eigenvalue weighted by Gasteiger charge is -2.18. The number of aromatic amines is 4. The maximum atomic E-state index is 13.5. The Balaban J connectivity index is 1.46. The number of aromatic nitrogens is 4. The molecule has 6 rings (SSSR count). The minimum Gasteiger partial charge on any atom is -0.489 e. The fourth-order valence-corrected chi connectivity index (χ4v) is 5.33. The molecule has 43 heavy (non-hydrogen) atoms. The maximum Gasteiger partial charge on any atom is 0.268 e. The molecule has 0 saturated carbocycles. The van der Waals surface area contributed by atoms with Crippen molar-refractivity contribution in [2.75, 3.05) is 0 Å². The lowest BCUT2D eigenvalue weighted by atomic mass is 9.83. The molecule has 0 aliphatic carbocycles. The summed E-state index contributed by atoms with van der Waals surface area (Å²) in [6.07, 6.45) is 0. The van der Waals surface area contributed by atoms with Gasteiger partial charge in [0.25, 0.3) is 11.1 Å². The van der Waals surface area contributed by atoms with E-state index < -0.39 is 5.92 Å². The van der Waals surface area contributed by atoms with Crippen molar-refractivity contribution in [2.24, 2.45) is 0 Å². The predicted molar refractivity (Wildman–Crippen MR) is 166 cm³/mol. The number of hydrogen-bond acceptors (Lipinski definition) is 4. The fourth-order valence-electron chi connectivity index (χ4n) is 5.33. The van der Waals surface area contributed by atoms with Crippen molar-refractivity contribution in [3.05, 3.63) is 157 Å². The van der Waals surface area contributed by atoms with Gasteiger partial charge in [0.15, 0.2) is 0 Å². The zero-order chi connectivity index (χ0) is 29.9. The largest absolute Gasteiger partial charge is 0.489 e. The molecular formula is C35H29N5O3. The topological polar surface area (TPSA) is 130 Å². The highest BCUT2D eigenvalue weighted by Crippen LogP contribution is 2.38. The van der Waals surface area contributed by atoms with Gasteiger partial charge in [-0.15, -0.1) is 0 Å². The van der Waals surface area contributed by atoms with Crippen LogP contribution in [0, 0.1) is 25.2 Å². The van der Waals surface area contributed by atoms with E-state index in [2.05, 4.69) is 26.5 Å². The second-order valence-corrected chi connectivity index (χ2v) is 10.5. The molecule has 0 fully saturated rings. The van der Waals surface area contributed by atoms with Crippen molar-refractivity contribution >= 4 is 0 Å². The number of ether oxygens (including phenoxy) is 1. The summed E-state index contributed by atoms with van der Waals surface area (Å²) >= 11 is 0.